The van der Waals surface area contributed by atoms with E-state index in [0.29, 0.717) is 5.56 Å². The second-order valence-electron chi connectivity index (χ2n) is 8.67. The molecule has 9 nitrogen and oxygen atoms in total. The second-order valence-corrected chi connectivity index (χ2v) is 10.5. The monoisotopic (exact) mass is 494 g/mol. The third kappa shape index (κ3) is 4.54. The zero-order valence-electron chi connectivity index (χ0n) is 19.1. The van der Waals surface area contributed by atoms with Crippen LogP contribution in [0.25, 0.3) is 0 Å². The number of hydrogen-bond acceptors (Lipinski definition) is 6. The molecule has 0 aliphatic carbocycles. The molecule has 3 heterocycles. The van der Waals surface area contributed by atoms with Crippen molar-refractivity contribution in [2.45, 2.75) is 18.1 Å². The van der Waals surface area contributed by atoms with E-state index in [1.165, 1.54) is 27.6 Å². The Labute approximate surface area is 203 Å². The van der Waals surface area contributed by atoms with Gasteiger partial charge < -0.3 is 20.0 Å². The lowest BCUT2D eigenvalue weighted by atomic mass is 9.99. The molecular formula is C25H26N4O5S. The minimum atomic E-state index is -3.91. The van der Waals surface area contributed by atoms with Crippen LogP contribution in [-0.2, 0) is 23.0 Å². The Kier molecular flexibility index (Phi) is 6.08. The van der Waals surface area contributed by atoms with Crippen LogP contribution in [-0.4, -0.2) is 62.2 Å². The van der Waals surface area contributed by atoms with E-state index in [0.717, 1.165) is 25.2 Å². The molecule has 2 aromatic carbocycles. The molecular weight excluding hydrogens is 468 g/mol. The summed E-state index contributed by atoms with van der Waals surface area (Å²) < 4.78 is 32.0. The molecule has 35 heavy (non-hydrogen) atoms. The van der Waals surface area contributed by atoms with Crippen molar-refractivity contribution >= 4 is 27.5 Å². The molecule has 2 aliphatic rings. The number of nitrogens with zero attached hydrogens (tertiary/aromatic N) is 3. The van der Waals surface area contributed by atoms with Crippen LogP contribution in [0, 0.1) is 0 Å². The summed E-state index contributed by atoms with van der Waals surface area (Å²) in [6.07, 6.45) is 0.992. The average Bonchev–Trinajstić information content (AvgIpc) is 3.40. The topological polar surface area (TPSA) is 117 Å². The van der Waals surface area contributed by atoms with Gasteiger partial charge in [-0.2, -0.15) is 4.31 Å². The van der Waals surface area contributed by atoms with Crippen molar-refractivity contribution in [2.75, 3.05) is 37.6 Å². The molecule has 2 N–H and O–H groups in total. The van der Waals surface area contributed by atoms with Crippen LogP contribution in [0.3, 0.4) is 0 Å². The third-order valence-corrected chi connectivity index (χ3v) is 8.33. The van der Waals surface area contributed by atoms with Gasteiger partial charge in [-0.25, -0.2) is 8.42 Å². The molecule has 5 rings (SSSR count). The smallest absolute Gasteiger partial charge is 0.284 e. The maximum atomic E-state index is 13.0. The Morgan fingerprint density at radius 1 is 0.829 bits per heavy atom. The van der Waals surface area contributed by atoms with Crippen LogP contribution < -0.4 is 10.6 Å². The van der Waals surface area contributed by atoms with Crippen molar-refractivity contribution < 1.29 is 22.4 Å². The second kappa shape index (κ2) is 9.20. The summed E-state index contributed by atoms with van der Waals surface area (Å²) >= 11 is 0. The number of piperazine rings is 1. The fourth-order valence-electron chi connectivity index (χ4n) is 4.56. The maximum absolute atomic E-state index is 13.0. The lowest BCUT2D eigenvalue weighted by molar-refractivity contribution is 0.0696. The van der Waals surface area contributed by atoms with Gasteiger partial charge in [0.25, 0.3) is 21.8 Å². The van der Waals surface area contributed by atoms with Gasteiger partial charge in [0.15, 0.2) is 5.76 Å². The van der Waals surface area contributed by atoms with E-state index in [1.807, 2.05) is 24.3 Å². The summed E-state index contributed by atoms with van der Waals surface area (Å²) in [5, 5.41) is -0.331. The molecule has 1 fully saturated rings. The minimum absolute atomic E-state index is 0.131. The zero-order valence-corrected chi connectivity index (χ0v) is 19.9. The predicted molar refractivity (Wildman–Crippen MR) is 130 cm³/mol. The SMILES string of the molecule is NC(=O)c1ccc(S(=O)(=O)N2CCN(C(=O)c3ccc(N4CCc5ccccc5C4)cc3)CC2)o1. The normalized spacial score (nSPS) is 16.7. The highest BCUT2D eigenvalue weighted by Crippen LogP contribution is 2.25. The number of hydrogen-bond donors (Lipinski definition) is 1. The summed E-state index contributed by atoms with van der Waals surface area (Å²) in [6.45, 7) is 2.55. The van der Waals surface area contributed by atoms with E-state index in [1.54, 1.807) is 4.90 Å². The number of carbonyl (C=O) groups is 2. The number of fused-ring (bicyclic) bond motifs is 1. The van der Waals surface area contributed by atoms with E-state index in [4.69, 9.17) is 10.2 Å². The van der Waals surface area contributed by atoms with Gasteiger partial charge in [0.2, 0.25) is 5.09 Å². The molecule has 0 bridgehead atoms. The quantitative estimate of drug-likeness (QED) is 0.581. The van der Waals surface area contributed by atoms with Crippen molar-refractivity contribution in [3.8, 4) is 0 Å². The molecule has 2 amide bonds. The Bertz CT molecular complexity index is 1360. The van der Waals surface area contributed by atoms with Crippen molar-refractivity contribution in [3.05, 3.63) is 83.1 Å². The van der Waals surface area contributed by atoms with Gasteiger partial charge in [-0.15, -0.1) is 0 Å². The summed E-state index contributed by atoms with van der Waals surface area (Å²) in [5.74, 6) is -1.18. The predicted octanol–water partition coefficient (Wildman–Crippen LogP) is 2.09. The molecule has 2 aliphatic heterocycles. The maximum Gasteiger partial charge on any atom is 0.284 e. The average molecular weight is 495 g/mol. The molecule has 0 spiro atoms. The van der Waals surface area contributed by atoms with Gasteiger partial charge in [-0.3, -0.25) is 9.59 Å². The molecule has 1 aromatic heterocycles. The van der Waals surface area contributed by atoms with E-state index in [9.17, 15) is 18.0 Å². The van der Waals surface area contributed by atoms with Crippen molar-refractivity contribution in [2.24, 2.45) is 5.73 Å². The molecule has 0 radical (unpaired) electrons. The van der Waals surface area contributed by atoms with Gasteiger partial charge in [-0.05, 0) is 53.9 Å². The third-order valence-electron chi connectivity index (χ3n) is 6.55. The summed E-state index contributed by atoms with van der Waals surface area (Å²) in [7, 11) is -3.91. The number of carbonyl (C=O) groups excluding carboxylic acids is 2. The van der Waals surface area contributed by atoms with Crippen LogP contribution >= 0.6 is 0 Å². The van der Waals surface area contributed by atoms with Crippen LogP contribution in [0.15, 0.2) is 70.2 Å². The molecule has 1 saturated heterocycles. The van der Waals surface area contributed by atoms with Crippen LogP contribution in [0.4, 0.5) is 5.69 Å². The Morgan fingerprint density at radius 2 is 1.51 bits per heavy atom. The van der Waals surface area contributed by atoms with Gasteiger partial charge in [0.05, 0.1) is 0 Å². The van der Waals surface area contributed by atoms with Crippen LogP contribution in [0.5, 0.6) is 0 Å². The molecule has 0 saturated carbocycles. The number of anilines is 1. The molecule has 10 heteroatoms. The minimum Gasteiger partial charge on any atom is -0.438 e. The van der Waals surface area contributed by atoms with Crippen molar-refractivity contribution in [1.82, 2.24) is 9.21 Å². The first-order valence-electron chi connectivity index (χ1n) is 11.4. The molecule has 0 unspecified atom stereocenters. The number of rotatable bonds is 5. The van der Waals surface area contributed by atoms with Gasteiger partial charge in [-0.1, -0.05) is 24.3 Å². The van der Waals surface area contributed by atoms with Crippen LogP contribution in [0.1, 0.15) is 32.0 Å². The first-order valence-corrected chi connectivity index (χ1v) is 12.9. The van der Waals surface area contributed by atoms with Gasteiger partial charge >= 0.3 is 0 Å². The Hall–Kier alpha value is -3.63. The number of benzene rings is 2. The number of amides is 2. The fourth-order valence-corrected chi connectivity index (χ4v) is 5.90. The van der Waals surface area contributed by atoms with Crippen molar-refractivity contribution in [1.29, 1.82) is 0 Å². The largest absolute Gasteiger partial charge is 0.438 e. The Morgan fingerprint density at radius 3 is 2.17 bits per heavy atom. The molecule has 3 aromatic rings. The summed E-state index contributed by atoms with van der Waals surface area (Å²) in [5.41, 5.74) is 9.49. The highest BCUT2D eigenvalue weighted by Gasteiger charge is 2.33. The van der Waals surface area contributed by atoms with E-state index in [-0.39, 0.29) is 42.9 Å². The zero-order chi connectivity index (χ0) is 24.6. The van der Waals surface area contributed by atoms with Crippen molar-refractivity contribution in [3.63, 3.8) is 0 Å². The fraction of sp³-hybridized carbons (Fsp3) is 0.280. The van der Waals surface area contributed by atoms with E-state index in [2.05, 4.69) is 29.2 Å². The highest BCUT2D eigenvalue weighted by molar-refractivity contribution is 7.89. The summed E-state index contributed by atoms with van der Waals surface area (Å²) in [4.78, 5) is 28.2. The van der Waals surface area contributed by atoms with E-state index < -0.39 is 15.9 Å². The van der Waals surface area contributed by atoms with Gasteiger partial charge in [0.1, 0.15) is 0 Å². The van der Waals surface area contributed by atoms with Gasteiger partial charge in [0, 0.05) is 50.5 Å². The lowest BCUT2D eigenvalue weighted by Gasteiger charge is -2.33. The number of sulfonamides is 1. The first kappa shape index (κ1) is 23.1. The highest BCUT2D eigenvalue weighted by atomic mass is 32.2. The lowest BCUT2D eigenvalue weighted by Crippen LogP contribution is -2.50. The molecule has 0 atom stereocenters. The summed E-state index contributed by atoms with van der Waals surface area (Å²) in [6, 6.07) is 18.5. The standard InChI is InChI=1S/C25H26N4O5S/c26-24(30)22-9-10-23(34-22)35(32,33)29-15-13-27(14-16-29)25(31)19-5-7-21(8-6-19)28-12-11-18-3-1-2-4-20(18)17-28/h1-10H,11-17H2,(H2,26,30). The van der Waals surface area contributed by atoms with E-state index >= 15 is 0 Å². The number of primary amides is 1. The number of furan rings is 1. The first-order chi connectivity index (χ1) is 16.8. The van der Waals surface area contributed by atoms with Crippen LogP contribution in [0.2, 0.25) is 0 Å². The number of nitrogens with two attached hydrogens (primary N) is 1. The Balaban J connectivity index is 1.21. The molecule has 182 valence electrons.